The van der Waals surface area contributed by atoms with Crippen molar-refractivity contribution in [2.75, 3.05) is 13.2 Å². The molecule has 1 aromatic rings. The Hall–Kier alpha value is -0.940. The van der Waals surface area contributed by atoms with E-state index >= 15 is 0 Å². The second-order valence-electron chi connectivity index (χ2n) is 4.60. The molecule has 1 heterocycles. The Kier molecular flexibility index (Phi) is 3.23. The van der Waals surface area contributed by atoms with Gasteiger partial charge in [-0.1, -0.05) is 30.3 Å². The Balaban J connectivity index is 2.26. The van der Waals surface area contributed by atoms with Gasteiger partial charge in [0.05, 0.1) is 13.2 Å². The highest BCUT2D eigenvalue weighted by Crippen LogP contribution is 2.39. The Morgan fingerprint density at radius 2 is 1.76 bits per heavy atom. The smallest absolute Gasteiger partial charge is 0.197 e. The minimum Gasteiger partial charge on any atom is -0.385 e. The summed E-state index contributed by atoms with van der Waals surface area (Å²) in [6, 6.07) is 9.00. The lowest BCUT2D eigenvalue weighted by atomic mass is 9.86. The summed E-state index contributed by atoms with van der Waals surface area (Å²) in [6.45, 7) is 4.02. The van der Waals surface area contributed by atoms with Gasteiger partial charge in [0.25, 0.3) is 0 Å². The third-order valence-electron chi connectivity index (χ3n) is 3.41. The third kappa shape index (κ3) is 2.09. The van der Waals surface area contributed by atoms with E-state index in [1.165, 1.54) is 6.92 Å². The Morgan fingerprint density at radius 1 is 1.24 bits per heavy atom. The van der Waals surface area contributed by atoms with Gasteiger partial charge >= 0.3 is 0 Å². The number of benzene rings is 1. The summed E-state index contributed by atoms with van der Waals surface area (Å²) in [5.74, 6) is -1.18. The maximum absolute atomic E-state index is 10.5. The minimum absolute atomic E-state index is 0.425. The van der Waals surface area contributed by atoms with E-state index < -0.39 is 17.5 Å². The largest absolute Gasteiger partial charge is 0.385 e. The molecule has 94 valence electrons. The molecule has 1 saturated heterocycles. The number of rotatable bonds is 3. The SMILES string of the molecule is CC1([C@](C)(O)[C@H](O)c2ccccc2)OCCO1. The summed E-state index contributed by atoms with van der Waals surface area (Å²) in [7, 11) is 0. The van der Waals surface area contributed by atoms with Gasteiger partial charge in [-0.05, 0) is 19.4 Å². The molecule has 2 rings (SSSR count). The number of hydrogen-bond acceptors (Lipinski definition) is 4. The van der Waals surface area contributed by atoms with Crippen LogP contribution in [-0.4, -0.2) is 34.8 Å². The Morgan fingerprint density at radius 3 is 2.29 bits per heavy atom. The van der Waals surface area contributed by atoms with Crippen molar-refractivity contribution >= 4 is 0 Å². The highest BCUT2D eigenvalue weighted by atomic mass is 16.7. The molecule has 1 aliphatic heterocycles. The fourth-order valence-electron chi connectivity index (χ4n) is 2.01. The van der Waals surface area contributed by atoms with Crippen LogP contribution in [0, 0.1) is 0 Å². The molecule has 0 spiro atoms. The standard InChI is InChI=1S/C13H18O4/c1-12(15,13(2)16-8-9-17-13)11(14)10-6-4-3-5-7-10/h3-7,11,14-15H,8-9H2,1-2H3/t11-,12-/m1/s1. The van der Waals surface area contributed by atoms with Crippen molar-refractivity contribution in [2.45, 2.75) is 31.3 Å². The van der Waals surface area contributed by atoms with Crippen LogP contribution in [0.4, 0.5) is 0 Å². The van der Waals surface area contributed by atoms with Gasteiger partial charge in [-0.15, -0.1) is 0 Å². The molecule has 0 unspecified atom stereocenters. The normalized spacial score (nSPS) is 24.2. The van der Waals surface area contributed by atoms with Crippen LogP contribution in [0.2, 0.25) is 0 Å². The second-order valence-corrected chi connectivity index (χ2v) is 4.60. The van der Waals surface area contributed by atoms with Gasteiger partial charge in [0.1, 0.15) is 11.7 Å². The average molecular weight is 238 g/mol. The average Bonchev–Trinajstić information content (AvgIpc) is 2.78. The van der Waals surface area contributed by atoms with Crippen LogP contribution in [0.3, 0.4) is 0 Å². The summed E-state index contributed by atoms with van der Waals surface area (Å²) in [6.07, 6.45) is -1.06. The van der Waals surface area contributed by atoms with Crippen molar-refractivity contribution in [3.63, 3.8) is 0 Å². The molecule has 0 aromatic heterocycles. The van der Waals surface area contributed by atoms with Crippen LogP contribution in [0.1, 0.15) is 25.5 Å². The molecule has 0 saturated carbocycles. The van der Waals surface area contributed by atoms with Gasteiger partial charge in [0.2, 0.25) is 0 Å². The predicted molar refractivity (Wildman–Crippen MR) is 62.3 cm³/mol. The monoisotopic (exact) mass is 238 g/mol. The zero-order valence-electron chi connectivity index (χ0n) is 10.1. The zero-order chi connectivity index (χ0) is 12.5. The van der Waals surface area contributed by atoms with E-state index in [9.17, 15) is 10.2 Å². The zero-order valence-corrected chi connectivity index (χ0v) is 10.1. The first-order valence-electron chi connectivity index (χ1n) is 5.71. The molecule has 17 heavy (non-hydrogen) atoms. The topological polar surface area (TPSA) is 58.9 Å². The van der Waals surface area contributed by atoms with Crippen LogP contribution in [0.25, 0.3) is 0 Å². The van der Waals surface area contributed by atoms with E-state index in [2.05, 4.69) is 0 Å². The summed E-state index contributed by atoms with van der Waals surface area (Å²) < 4.78 is 10.8. The van der Waals surface area contributed by atoms with E-state index in [1.54, 1.807) is 19.1 Å². The van der Waals surface area contributed by atoms with Crippen molar-refractivity contribution in [2.24, 2.45) is 0 Å². The fourth-order valence-corrected chi connectivity index (χ4v) is 2.01. The van der Waals surface area contributed by atoms with E-state index in [0.717, 1.165) is 0 Å². The van der Waals surface area contributed by atoms with Crippen LogP contribution in [0.15, 0.2) is 30.3 Å². The van der Waals surface area contributed by atoms with Crippen molar-refractivity contribution in [1.29, 1.82) is 0 Å². The molecule has 1 fully saturated rings. The van der Waals surface area contributed by atoms with Crippen molar-refractivity contribution in [1.82, 2.24) is 0 Å². The highest BCUT2D eigenvalue weighted by molar-refractivity contribution is 5.21. The summed E-state index contributed by atoms with van der Waals surface area (Å²) in [5.41, 5.74) is -0.872. The van der Waals surface area contributed by atoms with Gasteiger partial charge in [-0.2, -0.15) is 0 Å². The lowest BCUT2D eigenvalue weighted by Crippen LogP contribution is -2.54. The van der Waals surface area contributed by atoms with E-state index in [4.69, 9.17) is 9.47 Å². The van der Waals surface area contributed by atoms with Crippen molar-refractivity contribution in [3.05, 3.63) is 35.9 Å². The molecule has 0 bridgehead atoms. The van der Waals surface area contributed by atoms with Gasteiger partial charge < -0.3 is 19.7 Å². The van der Waals surface area contributed by atoms with E-state index in [0.29, 0.717) is 18.8 Å². The molecule has 0 amide bonds. The molecule has 4 nitrogen and oxygen atoms in total. The number of aliphatic hydroxyl groups excluding tert-OH is 1. The maximum atomic E-state index is 10.5. The molecule has 2 N–H and O–H groups in total. The Labute approximate surface area is 101 Å². The van der Waals surface area contributed by atoms with Crippen LogP contribution >= 0.6 is 0 Å². The summed E-state index contributed by atoms with van der Waals surface area (Å²) in [4.78, 5) is 0. The third-order valence-corrected chi connectivity index (χ3v) is 3.41. The number of aliphatic hydroxyl groups is 2. The molecule has 2 atom stereocenters. The first-order valence-corrected chi connectivity index (χ1v) is 5.71. The maximum Gasteiger partial charge on any atom is 0.197 e. The first-order chi connectivity index (χ1) is 7.97. The molecular weight excluding hydrogens is 220 g/mol. The molecular formula is C13H18O4. The van der Waals surface area contributed by atoms with Crippen molar-refractivity contribution in [3.8, 4) is 0 Å². The summed E-state index contributed by atoms with van der Waals surface area (Å²) >= 11 is 0. The minimum atomic E-state index is -1.51. The quantitative estimate of drug-likeness (QED) is 0.831. The summed E-state index contributed by atoms with van der Waals surface area (Å²) in [5, 5.41) is 20.8. The van der Waals surface area contributed by atoms with Gasteiger partial charge in [0.15, 0.2) is 5.79 Å². The van der Waals surface area contributed by atoms with Gasteiger partial charge in [-0.25, -0.2) is 0 Å². The predicted octanol–water partition coefficient (Wildman–Crippen LogP) is 1.23. The van der Waals surface area contributed by atoms with E-state index in [-0.39, 0.29) is 0 Å². The molecule has 0 aliphatic carbocycles. The van der Waals surface area contributed by atoms with Crippen molar-refractivity contribution < 1.29 is 19.7 Å². The Bertz CT molecular complexity index is 368. The lowest BCUT2D eigenvalue weighted by Gasteiger charge is -2.41. The molecule has 4 heteroatoms. The first kappa shape index (κ1) is 12.5. The molecule has 0 radical (unpaired) electrons. The molecule has 1 aliphatic rings. The van der Waals surface area contributed by atoms with Gasteiger partial charge in [0, 0.05) is 0 Å². The number of hydrogen-bond donors (Lipinski definition) is 2. The van der Waals surface area contributed by atoms with E-state index in [1.807, 2.05) is 18.2 Å². The molecule has 1 aromatic carbocycles. The van der Waals surface area contributed by atoms with Crippen LogP contribution in [0.5, 0.6) is 0 Å². The van der Waals surface area contributed by atoms with Gasteiger partial charge in [-0.3, -0.25) is 0 Å². The fraction of sp³-hybridized carbons (Fsp3) is 0.538. The highest BCUT2D eigenvalue weighted by Gasteiger charge is 2.53. The lowest BCUT2D eigenvalue weighted by molar-refractivity contribution is -0.281. The number of ether oxygens (including phenoxy) is 2. The second kappa shape index (κ2) is 4.38. The van der Waals surface area contributed by atoms with Crippen LogP contribution in [-0.2, 0) is 9.47 Å². The van der Waals surface area contributed by atoms with Crippen LogP contribution < -0.4 is 0 Å².